The van der Waals surface area contributed by atoms with Crippen LogP contribution in [0, 0.1) is 23.0 Å². The van der Waals surface area contributed by atoms with Crippen LogP contribution in [-0.2, 0) is 6.54 Å². The molecule has 0 bridgehead atoms. The van der Waals surface area contributed by atoms with Gasteiger partial charge in [-0.1, -0.05) is 23.7 Å². The highest BCUT2D eigenvalue weighted by Crippen LogP contribution is 2.22. The lowest BCUT2D eigenvalue weighted by atomic mass is 10.1. The zero-order valence-corrected chi connectivity index (χ0v) is 12.4. The first kappa shape index (κ1) is 15.9. The Morgan fingerprint density at radius 3 is 2.41 bits per heavy atom. The molecular weight excluding hydrogens is 310 g/mol. The summed E-state index contributed by atoms with van der Waals surface area (Å²) < 4.78 is 26.3. The Bertz CT molecular complexity index is 754. The van der Waals surface area contributed by atoms with Crippen LogP contribution in [0.5, 0.6) is 0 Å². The molecule has 0 aliphatic heterocycles. The molecule has 0 aliphatic carbocycles. The highest BCUT2D eigenvalue weighted by Gasteiger charge is 2.18. The number of halogens is 3. The normalized spacial score (nSPS) is 10.1. The van der Waals surface area contributed by atoms with E-state index in [1.54, 1.807) is 24.3 Å². The van der Waals surface area contributed by atoms with Gasteiger partial charge in [-0.05, 0) is 29.8 Å². The van der Waals surface area contributed by atoms with Crippen LogP contribution >= 0.6 is 11.6 Å². The first-order chi connectivity index (χ1) is 10.4. The summed E-state index contributed by atoms with van der Waals surface area (Å²) in [5, 5.41) is 8.59. The third kappa shape index (κ3) is 3.41. The van der Waals surface area contributed by atoms with E-state index in [2.05, 4.69) is 0 Å². The van der Waals surface area contributed by atoms with Crippen molar-refractivity contribution in [1.82, 2.24) is 4.90 Å². The second kappa shape index (κ2) is 6.54. The summed E-state index contributed by atoms with van der Waals surface area (Å²) in [6.07, 6.45) is 0. The molecule has 0 fully saturated rings. The van der Waals surface area contributed by atoms with Gasteiger partial charge in [0.1, 0.15) is 0 Å². The fourth-order valence-corrected chi connectivity index (χ4v) is 2.15. The molecule has 3 nitrogen and oxygen atoms in total. The zero-order valence-electron chi connectivity index (χ0n) is 11.6. The third-order valence-electron chi connectivity index (χ3n) is 3.09. The average molecular weight is 321 g/mol. The van der Waals surface area contributed by atoms with Crippen molar-refractivity contribution < 1.29 is 13.6 Å². The number of rotatable bonds is 3. The van der Waals surface area contributed by atoms with E-state index in [1.807, 2.05) is 6.07 Å². The Morgan fingerprint density at radius 1 is 1.23 bits per heavy atom. The van der Waals surface area contributed by atoms with Crippen LogP contribution in [0.25, 0.3) is 0 Å². The van der Waals surface area contributed by atoms with Crippen LogP contribution in [0.1, 0.15) is 21.5 Å². The molecule has 2 aromatic rings. The Kier molecular flexibility index (Phi) is 4.74. The van der Waals surface area contributed by atoms with Gasteiger partial charge in [0.25, 0.3) is 5.91 Å². The van der Waals surface area contributed by atoms with E-state index in [0.717, 1.165) is 17.7 Å². The second-order valence-electron chi connectivity index (χ2n) is 4.72. The predicted octanol–water partition coefficient (Wildman–Crippen LogP) is 3.76. The number of amides is 1. The Balaban J connectivity index is 2.18. The second-order valence-corrected chi connectivity index (χ2v) is 5.12. The zero-order chi connectivity index (χ0) is 16.3. The van der Waals surface area contributed by atoms with E-state index < -0.39 is 17.5 Å². The molecule has 22 heavy (non-hydrogen) atoms. The van der Waals surface area contributed by atoms with Gasteiger partial charge in [-0.3, -0.25) is 4.79 Å². The number of nitriles is 1. The van der Waals surface area contributed by atoms with Gasteiger partial charge in [0.05, 0.1) is 22.2 Å². The lowest BCUT2D eigenvalue weighted by molar-refractivity contribution is 0.0784. The van der Waals surface area contributed by atoms with E-state index in [-0.39, 0.29) is 17.1 Å². The number of hydrogen-bond acceptors (Lipinski definition) is 2. The van der Waals surface area contributed by atoms with Crippen molar-refractivity contribution in [3.05, 3.63) is 69.7 Å². The van der Waals surface area contributed by atoms with Gasteiger partial charge in [0.2, 0.25) is 0 Å². The number of benzene rings is 2. The third-order valence-corrected chi connectivity index (χ3v) is 3.40. The van der Waals surface area contributed by atoms with Gasteiger partial charge < -0.3 is 4.90 Å². The Labute approximate surface area is 131 Å². The van der Waals surface area contributed by atoms with Gasteiger partial charge >= 0.3 is 0 Å². The van der Waals surface area contributed by atoms with Gasteiger partial charge in [-0.15, -0.1) is 0 Å². The number of carbonyl (C=O) groups excluding carboxylic acids is 1. The molecule has 0 N–H and O–H groups in total. The maximum absolute atomic E-state index is 13.3. The molecule has 0 atom stereocenters. The maximum atomic E-state index is 13.3. The Hall–Kier alpha value is -2.45. The fourth-order valence-electron chi connectivity index (χ4n) is 1.92. The van der Waals surface area contributed by atoms with Crippen LogP contribution in [0.4, 0.5) is 8.78 Å². The molecule has 0 saturated carbocycles. The summed E-state index contributed by atoms with van der Waals surface area (Å²) in [4.78, 5) is 13.6. The first-order valence-electron chi connectivity index (χ1n) is 6.31. The maximum Gasteiger partial charge on any atom is 0.255 e. The summed E-state index contributed by atoms with van der Waals surface area (Å²) in [6.45, 7) is 0.250. The molecule has 0 aliphatic rings. The summed E-state index contributed by atoms with van der Waals surface area (Å²) in [5.74, 6) is -2.75. The Morgan fingerprint density at radius 2 is 1.82 bits per heavy atom. The predicted molar refractivity (Wildman–Crippen MR) is 78.3 cm³/mol. The highest BCUT2D eigenvalue weighted by atomic mass is 35.5. The molecule has 1 amide bonds. The lowest BCUT2D eigenvalue weighted by Crippen LogP contribution is -2.26. The number of carbonyl (C=O) groups is 1. The van der Waals surface area contributed by atoms with Gasteiger partial charge in [-0.25, -0.2) is 8.78 Å². The largest absolute Gasteiger partial charge is 0.337 e. The molecule has 0 saturated heterocycles. The summed E-state index contributed by atoms with van der Waals surface area (Å²) >= 11 is 5.79. The van der Waals surface area contributed by atoms with Crippen molar-refractivity contribution in [3.63, 3.8) is 0 Å². The van der Waals surface area contributed by atoms with E-state index in [9.17, 15) is 13.6 Å². The molecule has 2 rings (SSSR count). The number of nitrogens with zero attached hydrogens (tertiary/aromatic N) is 2. The minimum absolute atomic E-state index is 0.100. The molecule has 0 aromatic heterocycles. The van der Waals surface area contributed by atoms with Crippen molar-refractivity contribution in [2.75, 3.05) is 7.05 Å². The van der Waals surface area contributed by atoms with Gasteiger partial charge in [0.15, 0.2) is 11.6 Å². The highest BCUT2D eigenvalue weighted by molar-refractivity contribution is 6.33. The quantitative estimate of drug-likeness (QED) is 0.808. The minimum Gasteiger partial charge on any atom is -0.337 e. The van der Waals surface area contributed by atoms with E-state index in [0.29, 0.717) is 5.56 Å². The van der Waals surface area contributed by atoms with Crippen molar-refractivity contribution >= 4 is 17.5 Å². The van der Waals surface area contributed by atoms with Crippen molar-refractivity contribution in [2.24, 2.45) is 0 Å². The molecule has 0 spiro atoms. The summed E-state index contributed by atoms with van der Waals surface area (Å²) in [5.41, 5.74) is 1.21. The van der Waals surface area contributed by atoms with E-state index in [1.165, 1.54) is 11.9 Å². The fraction of sp³-hybridized carbons (Fsp3) is 0.125. The SMILES string of the molecule is CN(Cc1ccc(C#N)cc1)C(=O)c1cc(F)c(F)cc1Cl. The van der Waals surface area contributed by atoms with Crippen LogP contribution < -0.4 is 0 Å². The van der Waals surface area contributed by atoms with Crippen LogP contribution in [0.2, 0.25) is 5.02 Å². The van der Waals surface area contributed by atoms with Crippen molar-refractivity contribution in [1.29, 1.82) is 5.26 Å². The van der Waals surface area contributed by atoms with Crippen molar-refractivity contribution in [2.45, 2.75) is 6.54 Å². The van der Waals surface area contributed by atoms with E-state index in [4.69, 9.17) is 16.9 Å². The van der Waals surface area contributed by atoms with Crippen LogP contribution in [0.15, 0.2) is 36.4 Å². The van der Waals surface area contributed by atoms with Crippen LogP contribution in [-0.4, -0.2) is 17.9 Å². The number of hydrogen-bond donors (Lipinski definition) is 0. The van der Waals surface area contributed by atoms with Crippen molar-refractivity contribution in [3.8, 4) is 6.07 Å². The molecular formula is C16H11ClF2N2O. The lowest BCUT2D eigenvalue weighted by Gasteiger charge is -2.18. The van der Waals surface area contributed by atoms with Gasteiger partial charge in [-0.2, -0.15) is 5.26 Å². The smallest absolute Gasteiger partial charge is 0.255 e. The molecule has 112 valence electrons. The summed E-state index contributed by atoms with van der Waals surface area (Å²) in [6, 6.07) is 10.3. The molecule has 6 heteroatoms. The standard InChI is InChI=1S/C16H11ClF2N2O/c1-21(9-11-4-2-10(8-20)3-5-11)16(22)12-6-14(18)15(19)7-13(12)17/h2-7H,9H2,1H3. The molecule has 2 aromatic carbocycles. The minimum atomic E-state index is -1.13. The molecule has 0 radical (unpaired) electrons. The molecule has 0 heterocycles. The average Bonchev–Trinajstić information content (AvgIpc) is 2.51. The topological polar surface area (TPSA) is 44.1 Å². The monoisotopic (exact) mass is 320 g/mol. The van der Waals surface area contributed by atoms with E-state index >= 15 is 0 Å². The first-order valence-corrected chi connectivity index (χ1v) is 6.69. The summed E-state index contributed by atoms with van der Waals surface area (Å²) in [7, 11) is 1.53. The molecule has 0 unspecified atom stereocenters. The van der Waals surface area contributed by atoms with Gasteiger partial charge in [0, 0.05) is 13.6 Å². The van der Waals surface area contributed by atoms with Crippen LogP contribution in [0.3, 0.4) is 0 Å².